The predicted molar refractivity (Wildman–Crippen MR) is 86.1 cm³/mol. The van der Waals surface area contributed by atoms with Gasteiger partial charge >= 0.3 is 0 Å². The highest BCUT2D eigenvalue weighted by Gasteiger charge is 2.27. The molecule has 0 aromatic heterocycles. The third kappa shape index (κ3) is 3.54. The van der Waals surface area contributed by atoms with E-state index in [0.717, 1.165) is 36.7 Å². The fourth-order valence-corrected chi connectivity index (χ4v) is 3.27. The van der Waals surface area contributed by atoms with Crippen molar-refractivity contribution in [3.8, 4) is 0 Å². The summed E-state index contributed by atoms with van der Waals surface area (Å²) in [6.45, 7) is 2.75. The number of halogens is 2. The Hall–Kier alpha value is -0.580. The van der Waals surface area contributed by atoms with Crippen LogP contribution in [-0.4, -0.2) is 29.4 Å². The molecule has 1 aromatic carbocycles. The Balaban J connectivity index is 2.14. The molecule has 0 bridgehead atoms. The zero-order valence-corrected chi connectivity index (χ0v) is 14.0. The van der Waals surface area contributed by atoms with E-state index in [1.165, 1.54) is 0 Å². The lowest BCUT2D eigenvalue weighted by Crippen LogP contribution is -2.44. The Labute approximate surface area is 133 Å². The van der Waals surface area contributed by atoms with Crippen LogP contribution in [0.1, 0.15) is 43.0 Å². The SMILES string of the molecule is CCN(C(=O)c1ccc(Cl)c(Br)c1)C1CCC(N)CC1. The van der Waals surface area contributed by atoms with Gasteiger partial charge in [0.15, 0.2) is 0 Å². The molecule has 0 unspecified atom stereocenters. The zero-order chi connectivity index (χ0) is 14.7. The largest absolute Gasteiger partial charge is 0.336 e. The van der Waals surface area contributed by atoms with E-state index in [2.05, 4.69) is 15.9 Å². The predicted octanol–water partition coefficient (Wildman–Crippen LogP) is 3.83. The molecule has 0 radical (unpaired) electrons. The van der Waals surface area contributed by atoms with Crippen LogP contribution in [0.15, 0.2) is 22.7 Å². The van der Waals surface area contributed by atoms with E-state index in [1.54, 1.807) is 18.2 Å². The monoisotopic (exact) mass is 358 g/mol. The van der Waals surface area contributed by atoms with Crippen molar-refractivity contribution in [3.63, 3.8) is 0 Å². The Morgan fingerprint density at radius 3 is 2.60 bits per heavy atom. The summed E-state index contributed by atoms with van der Waals surface area (Å²) in [5.74, 6) is 0.0744. The van der Waals surface area contributed by atoms with Gasteiger partial charge in [-0.2, -0.15) is 0 Å². The maximum atomic E-state index is 12.7. The van der Waals surface area contributed by atoms with Crippen molar-refractivity contribution in [2.75, 3.05) is 6.54 Å². The van der Waals surface area contributed by atoms with E-state index in [4.69, 9.17) is 17.3 Å². The quantitative estimate of drug-likeness (QED) is 0.891. The van der Waals surface area contributed by atoms with Crippen LogP contribution < -0.4 is 5.73 Å². The van der Waals surface area contributed by atoms with Gasteiger partial charge in [0.2, 0.25) is 0 Å². The summed E-state index contributed by atoms with van der Waals surface area (Å²) in [6.07, 6.45) is 3.99. The molecule has 20 heavy (non-hydrogen) atoms. The number of benzene rings is 1. The average molecular weight is 360 g/mol. The first-order chi connectivity index (χ1) is 9.52. The molecule has 2 N–H and O–H groups in total. The maximum Gasteiger partial charge on any atom is 0.254 e. The lowest BCUT2D eigenvalue weighted by atomic mass is 9.90. The van der Waals surface area contributed by atoms with E-state index in [0.29, 0.717) is 22.7 Å². The normalized spacial score (nSPS) is 22.6. The van der Waals surface area contributed by atoms with Crippen LogP contribution in [0.4, 0.5) is 0 Å². The van der Waals surface area contributed by atoms with Gasteiger partial charge in [0.1, 0.15) is 0 Å². The van der Waals surface area contributed by atoms with Crippen LogP contribution in [0.3, 0.4) is 0 Å². The molecule has 1 fully saturated rings. The van der Waals surface area contributed by atoms with Crippen LogP contribution in [-0.2, 0) is 0 Å². The Bertz CT molecular complexity index is 487. The molecule has 110 valence electrons. The molecule has 0 aliphatic heterocycles. The molecule has 0 spiro atoms. The first-order valence-corrected chi connectivity index (χ1v) is 8.21. The summed E-state index contributed by atoms with van der Waals surface area (Å²) in [5, 5.41) is 0.619. The minimum atomic E-state index is 0.0744. The first-order valence-electron chi connectivity index (χ1n) is 7.04. The molecule has 5 heteroatoms. The summed E-state index contributed by atoms with van der Waals surface area (Å²) < 4.78 is 0.756. The molecule has 2 rings (SSSR count). The average Bonchev–Trinajstić information content (AvgIpc) is 2.44. The van der Waals surface area contributed by atoms with E-state index < -0.39 is 0 Å². The lowest BCUT2D eigenvalue weighted by molar-refractivity contribution is 0.0640. The van der Waals surface area contributed by atoms with Crippen LogP contribution in [0.2, 0.25) is 5.02 Å². The summed E-state index contributed by atoms with van der Waals surface area (Å²) in [7, 11) is 0. The second kappa shape index (κ2) is 6.92. The third-order valence-corrected chi connectivity index (χ3v) is 5.16. The van der Waals surface area contributed by atoms with Crippen molar-refractivity contribution >= 4 is 33.4 Å². The van der Waals surface area contributed by atoms with Crippen molar-refractivity contribution in [3.05, 3.63) is 33.3 Å². The standard InChI is InChI=1S/C15H20BrClN2O/c1-2-19(12-6-4-11(18)5-7-12)15(20)10-3-8-14(17)13(16)9-10/h3,8-9,11-12H,2,4-7,18H2,1H3. The summed E-state index contributed by atoms with van der Waals surface area (Å²) >= 11 is 9.35. The summed E-state index contributed by atoms with van der Waals surface area (Å²) in [6, 6.07) is 5.93. The van der Waals surface area contributed by atoms with Gasteiger partial charge in [-0.1, -0.05) is 11.6 Å². The number of rotatable bonds is 3. The minimum Gasteiger partial charge on any atom is -0.336 e. The first kappa shape index (κ1) is 15.8. The second-order valence-electron chi connectivity index (χ2n) is 5.29. The van der Waals surface area contributed by atoms with Crippen molar-refractivity contribution in [2.24, 2.45) is 5.73 Å². The zero-order valence-electron chi connectivity index (χ0n) is 11.6. The van der Waals surface area contributed by atoms with Gasteiger partial charge in [-0.3, -0.25) is 4.79 Å². The topological polar surface area (TPSA) is 46.3 Å². The van der Waals surface area contributed by atoms with E-state index >= 15 is 0 Å². The smallest absolute Gasteiger partial charge is 0.254 e. The maximum absolute atomic E-state index is 12.7. The van der Waals surface area contributed by atoms with E-state index in [1.807, 2.05) is 11.8 Å². The van der Waals surface area contributed by atoms with Gasteiger partial charge in [0.25, 0.3) is 5.91 Å². The fraction of sp³-hybridized carbons (Fsp3) is 0.533. The molecule has 1 saturated carbocycles. The number of hydrogen-bond donors (Lipinski definition) is 1. The number of nitrogens with two attached hydrogens (primary N) is 1. The van der Waals surface area contributed by atoms with Crippen LogP contribution >= 0.6 is 27.5 Å². The number of nitrogens with zero attached hydrogens (tertiary/aromatic N) is 1. The number of amides is 1. The lowest BCUT2D eigenvalue weighted by Gasteiger charge is -2.35. The highest BCUT2D eigenvalue weighted by molar-refractivity contribution is 9.10. The molecule has 1 amide bonds. The Kier molecular flexibility index (Phi) is 5.47. The second-order valence-corrected chi connectivity index (χ2v) is 6.55. The molecule has 0 atom stereocenters. The molecule has 1 aliphatic carbocycles. The van der Waals surface area contributed by atoms with Gasteiger partial charge in [0.05, 0.1) is 5.02 Å². The van der Waals surface area contributed by atoms with E-state index in [9.17, 15) is 4.79 Å². The van der Waals surface area contributed by atoms with Gasteiger partial charge in [-0.15, -0.1) is 0 Å². The minimum absolute atomic E-state index is 0.0744. The van der Waals surface area contributed by atoms with Gasteiger partial charge in [-0.25, -0.2) is 0 Å². The van der Waals surface area contributed by atoms with Gasteiger partial charge < -0.3 is 10.6 Å². The molecule has 1 aliphatic rings. The van der Waals surface area contributed by atoms with Crippen molar-refractivity contribution < 1.29 is 4.79 Å². The van der Waals surface area contributed by atoms with Crippen molar-refractivity contribution in [1.29, 1.82) is 0 Å². The fourth-order valence-electron chi connectivity index (χ4n) is 2.78. The number of carbonyl (C=O) groups is 1. The number of hydrogen-bond acceptors (Lipinski definition) is 2. The molecule has 1 aromatic rings. The van der Waals surface area contributed by atoms with Gasteiger partial charge in [-0.05, 0) is 66.7 Å². The summed E-state index contributed by atoms with van der Waals surface area (Å²) in [4.78, 5) is 14.6. The Morgan fingerprint density at radius 1 is 1.40 bits per heavy atom. The Morgan fingerprint density at radius 2 is 2.05 bits per heavy atom. The molecular formula is C15H20BrClN2O. The van der Waals surface area contributed by atoms with Crippen molar-refractivity contribution in [1.82, 2.24) is 4.90 Å². The number of carbonyl (C=O) groups excluding carboxylic acids is 1. The van der Waals surface area contributed by atoms with E-state index in [-0.39, 0.29) is 5.91 Å². The molecule has 0 heterocycles. The molecule has 0 saturated heterocycles. The third-order valence-electron chi connectivity index (χ3n) is 3.95. The van der Waals surface area contributed by atoms with Crippen LogP contribution in [0, 0.1) is 0 Å². The van der Waals surface area contributed by atoms with Crippen LogP contribution in [0.5, 0.6) is 0 Å². The highest BCUT2D eigenvalue weighted by atomic mass is 79.9. The van der Waals surface area contributed by atoms with Crippen LogP contribution in [0.25, 0.3) is 0 Å². The molecule has 3 nitrogen and oxygen atoms in total. The highest BCUT2D eigenvalue weighted by Crippen LogP contribution is 2.26. The van der Waals surface area contributed by atoms with Crippen molar-refractivity contribution in [2.45, 2.75) is 44.7 Å². The van der Waals surface area contributed by atoms with Gasteiger partial charge in [0, 0.05) is 28.7 Å². The summed E-state index contributed by atoms with van der Waals surface area (Å²) in [5.41, 5.74) is 6.62. The molecular weight excluding hydrogens is 340 g/mol.